The highest BCUT2D eigenvalue weighted by Crippen LogP contribution is 2.36. The third-order valence-corrected chi connectivity index (χ3v) is 6.71. The lowest BCUT2D eigenvalue weighted by atomic mass is 9.93. The van der Waals surface area contributed by atoms with Crippen LogP contribution in [0.3, 0.4) is 0 Å². The second kappa shape index (κ2) is 12.2. The number of barbiturate groups is 1. The molecule has 0 atom stereocenters. The number of nitriles is 1. The molecule has 196 valence electrons. The van der Waals surface area contributed by atoms with E-state index >= 15 is 0 Å². The molecule has 1 aliphatic heterocycles. The van der Waals surface area contributed by atoms with Gasteiger partial charge < -0.3 is 9.47 Å². The smallest absolute Gasteiger partial charge is 0.331 e. The Balaban J connectivity index is 1.69. The Hall–Kier alpha value is -4.38. The molecular formula is C30H31N3O5. The standard InChI is InChI=1S/C30H31N3O5/c1-3-10-21-15-20(16-25-28(34)32-30(36)33(29(25)35)24-13-6-5-7-14-24)17-26(37-4-2)27(21)38-19-23-12-9-8-11-22(23)18-31/h3,8-9,11-12,15-17,24H,1,4-7,10,13-14,19H2,2H3,(H,32,34,36). The number of carbonyl (C=O) groups is 3. The van der Waals surface area contributed by atoms with Crippen LogP contribution >= 0.6 is 0 Å². The summed E-state index contributed by atoms with van der Waals surface area (Å²) in [5.41, 5.74) is 2.47. The van der Waals surface area contributed by atoms with E-state index in [1.54, 1.807) is 24.3 Å². The number of amides is 4. The van der Waals surface area contributed by atoms with E-state index in [0.29, 0.717) is 35.7 Å². The van der Waals surface area contributed by atoms with Crippen LogP contribution in [0, 0.1) is 11.3 Å². The van der Waals surface area contributed by atoms with Gasteiger partial charge in [0.25, 0.3) is 11.8 Å². The van der Waals surface area contributed by atoms with Gasteiger partial charge in [0.2, 0.25) is 0 Å². The first kappa shape index (κ1) is 26.7. The number of allylic oxidation sites excluding steroid dienone is 1. The molecular weight excluding hydrogens is 482 g/mol. The summed E-state index contributed by atoms with van der Waals surface area (Å²) in [6.07, 6.45) is 8.09. The van der Waals surface area contributed by atoms with Gasteiger partial charge in [-0.3, -0.25) is 19.8 Å². The van der Waals surface area contributed by atoms with Crippen LogP contribution in [-0.2, 0) is 22.6 Å². The van der Waals surface area contributed by atoms with Crippen LogP contribution in [0.15, 0.2) is 54.6 Å². The topological polar surface area (TPSA) is 109 Å². The fourth-order valence-corrected chi connectivity index (χ4v) is 4.91. The van der Waals surface area contributed by atoms with Gasteiger partial charge in [-0.2, -0.15) is 5.26 Å². The molecule has 2 fully saturated rings. The first-order chi connectivity index (χ1) is 18.5. The van der Waals surface area contributed by atoms with Gasteiger partial charge in [-0.15, -0.1) is 6.58 Å². The molecule has 0 unspecified atom stereocenters. The van der Waals surface area contributed by atoms with Gasteiger partial charge in [0.05, 0.1) is 18.2 Å². The largest absolute Gasteiger partial charge is 0.490 e. The molecule has 1 saturated heterocycles. The van der Waals surface area contributed by atoms with E-state index in [4.69, 9.17) is 9.47 Å². The van der Waals surface area contributed by atoms with Crippen LogP contribution in [-0.4, -0.2) is 35.4 Å². The maximum atomic E-state index is 13.3. The van der Waals surface area contributed by atoms with Crippen LogP contribution < -0.4 is 14.8 Å². The first-order valence-corrected chi connectivity index (χ1v) is 12.9. The van der Waals surface area contributed by atoms with E-state index in [2.05, 4.69) is 18.0 Å². The van der Waals surface area contributed by atoms with Gasteiger partial charge in [0, 0.05) is 17.2 Å². The second-order valence-corrected chi connectivity index (χ2v) is 9.28. The SMILES string of the molecule is C=CCc1cc(C=C2C(=O)NC(=O)N(C3CCCCC3)C2=O)cc(OCC)c1OCc1ccccc1C#N. The molecule has 1 aliphatic carbocycles. The molecule has 2 aromatic carbocycles. The van der Waals surface area contributed by atoms with Crippen molar-refractivity contribution in [1.82, 2.24) is 10.2 Å². The number of nitrogens with one attached hydrogen (secondary N) is 1. The quantitative estimate of drug-likeness (QED) is 0.285. The average molecular weight is 514 g/mol. The highest BCUT2D eigenvalue weighted by atomic mass is 16.5. The summed E-state index contributed by atoms with van der Waals surface area (Å²) in [6.45, 7) is 6.21. The van der Waals surface area contributed by atoms with Crippen molar-refractivity contribution in [1.29, 1.82) is 5.26 Å². The van der Waals surface area contributed by atoms with Crippen molar-refractivity contribution in [2.24, 2.45) is 0 Å². The number of imide groups is 2. The van der Waals surface area contributed by atoms with Crippen LogP contribution in [0.25, 0.3) is 6.08 Å². The zero-order valence-electron chi connectivity index (χ0n) is 21.5. The minimum Gasteiger partial charge on any atom is -0.490 e. The normalized spacial score (nSPS) is 17.2. The Bertz CT molecular complexity index is 1320. The summed E-state index contributed by atoms with van der Waals surface area (Å²) in [5, 5.41) is 11.7. The third-order valence-electron chi connectivity index (χ3n) is 6.71. The number of benzene rings is 2. The number of ether oxygens (including phenoxy) is 2. The summed E-state index contributed by atoms with van der Waals surface area (Å²) < 4.78 is 12.0. The van der Waals surface area contributed by atoms with Crippen LogP contribution in [0.5, 0.6) is 11.5 Å². The maximum absolute atomic E-state index is 13.3. The Morgan fingerprint density at radius 3 is 2.58 bits per heavy atom. The Kier molecular flexibility index (Phi) is 8.59. The van der Waals surface area contributed by atoms with Crippen molar-refractivity contribution in [3.63, 3.8) is 0 Å². The zero-order chi connectivity index (χ0) is 27.1. The summed E-state index contributed by atoms with van der Waals surface area (Å²) in [7, 11) is 0. The van der Waals surface area contributed by atoms with Gasteiger partial charge in [-0.1, -0.05) is 43.5 Å². The van der Waals surface area contributed by atoms with Gasteiger partial charge in [-0.05, 0) is 56.0 Å². The summed E-state index contributed by atoms with van der Waals surface area (Å²) in [5.74, 6) is -0.358. The Morgan fingerprint density at radius 1 is 1.11 bits per heavy atom. The monoisotopic (exact) mass is 513 g/mol. The van der Waals surface area contributed by atoms with Crippen LogP contribution in [0.1, 0.15) is 61.3 Å². The van der Waals surface area contributed by atoms with Crippen molar-refractivity contribution in [3.05, 3.63) is 76.9 Å². The summed E-state index contributed by atoms with van der Waals surface area (Å²) in [6, 6.07) is 12.0. The molecule has 38 heavy (non-hydrogen) atoms. The van der Waals surface area contributed by atoms with Crippen LogP contribution in [0.2, 0.25) is 0 Å². The number of rotatable bonds is 9. The fraction of sp³-hybridized carbons (Fsp3) is 0.333. The molecule has 4 amide bonds. The molecule has 1 N–H and O–H groups in total. The molecule has 8 heteroatoms. The van der Waals surface area contributed by atoms with Gasteiger partial charge in [0.15, 0.2) is 11.5 Å². The van der Waals surface area contributed by atoms with Crippen molar-refractivity contribution >= 4 is 23.9 Å². The van der Waals surface area contributed by atoms with E-state index in [1.165, 1.54) is 11.0 Å². The van der Waals surface area contributed by atoms with Gasteiger partial charge in [-0.25, -0.2) is 4.79 Å². The second-order valence-electron chi connectivity index (χ2n) is 9.28. The van der Waals surface area contributed by atoms with Gasteiger partial charge in [0.1, 0.15) is 12.2 Å². The minimum absolute atomic E-state index is 0.0983. The van der Waals surface area contributed by atoms with E-state index in [9.17, 15) is 19.6 Å². The van der Waals surface area contributed by atoms with E-state index < -0.39 is 17.8 Å². The lowest BCUT2D eigenvalue weighted by Gasteiger charge is -2.35. The number of nitrogens with zero attached hydrogens (tertiary/aromatic N) is 2. The lowest BCUT2D eigenvalue weighted by molar-refractivity contribution is -0.132. The molecule has 0 bridgehead atoms. The maximum Gasteiger partial charge on any atom is 0.331 e. The summed E-state index contributed by atoms with van der Waals surface area (Å²) >= 11 is 0. The van der Waals surface area contributed by atoms with Crippen molar-refractivity contribution in [2.45, 2.75) is 58.1 Å². The van der Waals surface area contributed by atoms with Crippen molar-refractivity contribution in [2.75, 3.05) is 6.61 Å². The number of urea groups is 1. The number of hydrogen-bond acceptors (Lipinski definition) is 6. The Morgan fingerprint density at radius 2 is 1.87 bits per heavy atom. The lowest BCUT2D eigenvalue weighted by Crippen LogP contribution is -2.58. The number of carbonyl (C=O) groups excluding carboxylic acids is 3. The first-order valence-electron chi connectivity index (χ1n) is 12.9. The van der Waals surface area contributed by atoms with Gasteiger partial charge >= 0.3 is 6.03 Å². The van der Waals surface area contributed by atoms with E-state index in [1.807, 2.05) is 25.1 Å². The molecule has 2 aromatic rings. The molecule has 1 heterocycles. The molecule has 4 rings (SSSR count). The molecule has 1 saturated carbocycles. The zero-order valence-corrected chi connectivity index (χ0v) is 21.5. The summed E-state index contributed by atoms with van der Waals surface area (Å²) in [4.78, 5) is 39.8. The van der Waals surface area contributed by atoms with E-state index in [-0.39, 0.29) is 18.2 Å². The highest BCUT2D eigenvalue weighted by molar-refractivity contribution is 6.31. The van der Waals surface area contributed by atoms with Crippen LogP contribution in [0.4, 0.5) is 4.79 Å². The number of hydrogen-bond donors (Lipinski definition) is 1. The molecule has 0 aromatic heterocycles. The predicted molar refractivity (Wildman–Crippen MR) is 142 cm³/mol. The fourth-order valence-electron chi connectivity index (χ4n) is 4.91. The molecule has 0 radical (unpaired) electrons. The highest BCUT2D eigenvalue weighted by Gasteiger charge is 2.40. The minimum atomic E-state index is -0.719. The molecule has 8 nitrogen and oxygen atoms in total. The Labute approximate surface area is 222 Å². The van der Waals surface area contributed by atoms with Crippen molar-refractivity contribution < 1.29 is 23.9 Å². The third kappa shape index (κ3) is 5.78. The average Bonchev–Trinajstić information content (AvgIpc) is 2.91. The van der Waals surface area contributed by atoms with Crippen molar-refractivity contribution in [3.8, 4) is 17.6 Å². The van der Waals surface area contributed by atoms with E-state index in [0.717, 1.165) is 43.2 Å². The molecule has 2 aliphatic rings. The molecule has 0 spiro atoms. The predicted octanol–water partition coefficient (Wildman–Crippen LogP) is 5.06.